The van der Waals surface area contributed by atoms with Gasteiger partial charge in [-0.15, -0.1) is 0 Å². The minimum atomic E-state index is -0.195. The van der Waals surface area contributed by atoms with Crippen molar-refractivity contribution in [2.75, 3.05) is 33.4 Å². The molecule has 1 atom stereocenters. The van der Waals surface area contributed by atoms with Crippen LogP contribution in [0.4, 0.5) is 4.39 Å². The molecule has 2 N–H and O–H groups in total. The van der Waals surface area contributed by atoms with E-state index in [1.165, 1.54) is 6.07 Å². The Morgan fingerprint density at radius 3 is 2.78 bits per heavy atom. The number of hydrogen-bond acceptors (Lipinski definition) is 3. The fraction of sp³-hybridized carbons (Fsp3) is 0.571. The second-order valence-electron chi connectivity index (χ2n) is 4.45. The molecule has 0 fully saturated rings. The zero-order valence-corrected chi connectivity index (χ0v) is 11.4. The standard InChI is InChI=1S/C14H23FN2O/c1-4-18-8-7-17(3)14(10-16)12-9-11(2)5-6-13(12)15/h5-6,9,14H,4,7-8,10,16H2,1-3H3. The maximum atomic E-state index is 13.8. The van der Waals surface area contributed by atoms with Gasteiger partial charge in [0.2, 0.25) is 0 Å². The SMILES string of the molecule is CCOCCN(C)C(CN)c1cc(C)ccc1F. The first kappa shape index (κ1) is 15.1. The van der Waals surface area contributed by atoms with Gasteiger partial charge in [-0.2, -0.15) is 0 Å². The van der Waals surface area contributed by atoms with Crippen LogP contribution in [-0.2, 0) is 4.74 Å². The third kappa shape index (κ3) is 4.05. The van der Waals surface area contributed by atoms with Gasteiger partial charge in [0.15, 0.2) is 0 Å². The summed E-state index contributed by atoms with van der Waals surface area (Å²) in [6.45, 7) is 6.38. The molecule has 0 aliphatic rings. The Kier molecular flexibility index (Phi) is 6.25. The zero-order chi connectivity index (χ0) is 13.5. The molecule has 102 valence electrons. The Morgan fingerprint density at radius 1 is 1.44 bits per heavy atom. The maximum absolute atomic E-state index is 13.8. The van der Waals surface area contributed by atoms with E-state index in [1.807, 2.05) is 31.9 Å². The molecule has 0 aromatic heterocycles. The molecule has 0 saturated carbocycles. The van der Waals surface area contributed by atoms with Gasteiger partial charge in [-0.25, -0.2) is 4.39 Å². The Hall–Kier alpha value is -0.970. The number of hydrogen-bond donors (Lipinski definition) is 1. The van der Waals surface area contributed by atoms with E-state index in [4.69, 9.17) is 10.5 Å². The summed E-state index contributed by atoms with van der Waals surface area (Å²) >= 11 is 0. The highest BCUT2D eigenvalue weighted by Gasteiger charge is 2.18. The van der Waals surface area contributed by atoms with Gasteiger partial charge in [-0.3, -0.25) is 4.90 Å². The molecule has 3 nitrogen and oxygen atoms in total. The number of aryl methyl sites for hydroxylation is 1. The van der Waals surface area contributed by atoms with Crippen molar-refractivity contribution in [1.82, 2.24) is 4.90 Å². The fourth-order valence-corrected chi connectivity index (χ4v) is 1.97. The predicted molar refractivity (Wildman–Crippen MR) is 72.1 cm³/mol. The van der Waals surface area contributed by atoms with Crippen LogP contribution in [0.15, 0.2) is 18.2 Å². The van der Waals surface area contributed by atoms with Crippen LogP contribution in [0, 0.1) is 12.7 Å². The van der Waals surface area contributed by atoms with Crippen LogP contribution in [0.2, 0.25) is 0 Å². The number of benzene rings is 1. The first-order valence-corrected chi connectivity index (χ1v) is 6.34. The van der Waals surface area contributed by atoms with Gasteiger partial charge in [-0.05, 0) is 27.0 Å². The van der Waals surface area contributed by atoms with Crippen molar-refractivity contribution < 1.29 is 9.13 Å². The molecule has 0 heterocycles. The summed E-state index contributed by atoms with van der Waals surface area (Å²) < 4.78 is 19.2. The molecule has 0 bridgehead atoms. The highest BCUT2D eigenvalue weighted by Crippen LogP contribution is 2.22. The summed E-state index contributed by atoms with van der Waals surface area (Å²) in [6.07, 6.45) is 0. The lowest BCUT2D eigenvalue weighted by Crippen LogP contribution is -2.33. The summed E-state index contributed by atoms with van der Waals surface area (Å²) in [7, 11) is 1.94. The van der Waals surface area contributed by atoms with Crippen molar-refractivity contribution in [2.45, 2.75) is 19.9 Å². The van der Waals surface area contributed by atoms with Gasteiger partial charge in [0.1, 0.15) is 5.82 Å². The van der Waals surface area contributed by atoms with E-state index in [0.29, 0.717) is 25.3 Å². The second-order valence-corrected chi connectivity index (χ2v) is 4.45. The number of halogens is 1. The lowest BCUT2D eigenvalue weighted by atomic mass is 10.0. The minimum absolute atomic E-state index is 0.106. The number of nitrogens with zero attached hydrogens (tertiary/aromatic N) is 1. The van der Waals surface area contributed by atoms with E-state index in [9.17, 15) is 4.39 Å². The van der Waals surface area contributed by atoms with E-state index in [0.717, 1.165) is 12.1 Å². The molecule has 0 saturated heterocycles. The van der Waals surface area contributed by atoms with Crippen LogP contribution >= 0.6 is 0 Å². The van der Waals surface area contributed by atoms with Crippen molar-refractivity contribution in [1.29, 1.82) is 0 Å². The lowest BCUT2D eigenvalue weighted by Gasteiger charge is -2.27. The first-order chi connectivity index (χ1) is 8.60. The average molecular weight is 254 g/mol. The van der Waals surface area contributed by atoms with Gasteiger partial charge in [0.25, 0.3) is 0 Å². The van der Waals surface area contributed by atoms with Crippen LogP contribution in [0.3, 0.4) is 0 Å². The summed E-state index contributed by atoms with van der Waals surface area (Å²) in [4.78, 5) is 2.04. The van der Waals surface area contributed by atoms with Gasteiger partial charge in [-0.1, -0.05) is 17.7 Å². The van der Waals surface area contributed by atoms with Crippen LogP contribution in [-0.4, -0.2) is 38.3 Å². The predicted octanol–water partition coefficient (Wildman–Crippen LogP) is 2.10. The number of rotatable bonds is 7. The van der Waals surface area contributed by atoms with E-state index in [-0.39, 0.29) is 11.9 Å². The highest BCUT2D eigenvalue weighted by molar-refractivity contribution is 5.27. The molecule has 0 aliphatic heterocycles. The van der Waals surface area contributed by atoms with Crippen molar-refractivity contribution in [2.24, 2.45) is 5.73 Å². The smallest absolute Gasteiger partial charge is 0.128 e. The zero-order valence-electron chi connectivity index (χ0n) is 11.4. The Balaban J connectivity index is 2.78. The topological polar surface area (TPSA) is 38.5 Å². The molecule has 18 heavy (non-hydrogen) atoms. The molecule has 0 aliphatic carbocycles. The van der Waals surface area contributed by atoms with Gasteiger partial charge >= 0.3 is 0 Å². The molecular formula is C14H23FN2O. The summed E-state index contributed by atoms with van der Waals surface area (Å²) in [5, 5.41) is 0. The molecule has 4 heteroatoms. The second kappa shape index (κ2) is 7.46. The van der Waals surface area contributed by atoms with E-state index in [1.54, 1.807) is 6.07 Å². The number of ether oxygens (including phenoxy) is 1. The number of nitrogens with two attached hydrogens (primary N) is 1. The lowest BCUT2D eigenvalue weighted by molar-refractivity contribution is 0.108. The Labute approximate surface area is 109 Å². The van der Waals surface area contributed by atoms with Gasteiger partial charge in [0, 0.05) is 31.3 Å². The molecule has 1 aromatic carbocycles. The monoisotopic (exact) mass is 254 g/mol. The van der Waals surface area contributed by atoms with Crippen molar-refractivity contribution in [3.63, 3.8) is 0 Å². The van der Waals surface area contributed by atoms with E-state index in [2.05, 4.69) is 0 Å². The quantitative estimate of drug-likeness (QED) is 0.757. The fourth-order valence-electron chi connectivity index (χ4n) is 1.97. The van der Waals surface area contributed by atoms with Gasteiger partial charge < -0.3 is 10.5 Å². The van der Waals surface area contributed by atoms with Crippen molar-refractivity contribution >= 4 is 0 Å². The molecule has 0 radical (unpaired) electrons. The molecular weight excluding hydrogens is 231 g/mol. The summed E-state index contributed by atoms with van der Waals surface area (Å²) in [5.74, 6) is -0.195. The Bertz CT molecular complexity index is 371. The summed E-state index contributed by atoms with van der Waals surface area (Å²) in [6, 6.07) is 5.03. The molecule has 1 rings (SSSR count). The van der Waals surface area contributed by atoms with E-state index < -0.39 is 0 Å². The third-order valence-corrected chi connectivity index (χ3v) is 3.06. The van der Waals surface area contributed by atoms with Gasteiger partial charge in [0.05, 0.1) is 6.61 Å². The average Bonchev–Trinajstić information content (AvgIpc) is 2.35. The van der Waals surface area contributed by atoms with Crippen LogP contribution in [0.5, 0.6) is 0 Å². The normalized spacial score (nSPS) is 13.0. The van der Waals surface area contributed by atoms with Crippen LogP contribution in [0.1, 0.15) is 24.1 Å². The largest absolute Gasteiger partial charge is 0.380 e. The van der Waals surface area contributed by atoms with Crippen LogP contribution in [0.25, 0.3) is 0 Å². The summed E-state index contributed by atoms with van der Waals surface area (Å²) in [5.41, 5.74) is 7.49. The van der Waals surface area contributed by atoms with Crippen molar-refractivity contribution in [3.8, 4) is 0 Å². The first-order valence-electron chi connectivity index (χ1n) is 6.34. The maximum Gasteiger partial charge on any atom is 0.128 e. The molecule has 0 spiro atoms. The van der Waals surface area contributed by atoms with Crippen LogP contribution < -0.4 is 5.73 Å². The molecule has 1 aromatic rings. The molecule has 1 unspecified atom stereocenters. The van der Waals surface area contributed by atoms with Crippen molar-refractivity contribution in [3.05, 3.63) is 35.1 Å². The minimum Gasteiger partial charge on any atom is -0.380 e. The van der Waals surface area contributed by atoms with E-state index >= 15 is 0 Å². The molecule has 0 amide bonds. The Morgan fingerprint density at radius 2 is 2.17 bits per heavy atom. The third-order valence-electron chi connectivity index (χ3n) is 3.06. The number of likely N-dealkylation sites (N-methyl/N-ethyl adjacent to an activating group) is 1. The highest BCUT2D eigenvalue weighted by atomic mass is 19.1.